The summed E-state index contributed by atoms with van der Waals surface area (Å²) in [6, 6.07) is 11.9. The average Bonchev–Trinajstić information content (AvgIpc) is 2.65. The molecule has 0 aliphatic heterocycles. The van der Waals surface area contributed by atoms with Gasteiger partial charge in [-0.05, 0) is 68.3 Å². The maximum atomic E-state index is 11.3. The van der Waals surface area contributed by atoms with E-state index in [0.717, 1.165) is 10.7 Å². The number of aromatic nitrogens is 2. The van der Waals surface area contributed by atoms with Crippen LogP contribution in [0, 0.1) is 21.4 Å². The first-order valence-electron chi connectivity index (χ1n) is 7.48. The zero-order valence-corrected chi connectivity index (χ0v) is 18.4. The Hall–Kier alpha value is -2.55. The third-order valence-corrected chi connectivity index (χ3v) is 5.01. The highest BCUT2D eigenvalue weighted by atomic mass is 79.9. The molecule has 0 spiro atoms. The van der Waals surface area contributed by atoms with Crippen molar-refractivity contribution in [2.24, 2.45) is 0 Å². The van der Waals surface area contributed by atoms with Gasteiger partial charge in [0.05, 0.1) is 25.5 Å². The Balaban J connectivity index is 1.95. The fourth-order valence-corrected chi connectivity index (χ4v) is 4.54. The molecule has 1 heterocycles. The van der Waals surface area contributed by atoms with Crippen molar-refractivity contribution in [2.45, 2.75) is 0 Å². The number of nitrogens with zero attached hydrogens (tertiary/aromatic N) is 4. The van der Waals surface area contributed by atoms with Crippen LogP contribution in [0.2, 0.25) is 0 Å². The Labute approximate surface area is 184 Å². The van der Waals surface area contributed by atoms with E-state index in [2.05, 4.69) is 63.1 Å². The van der Waals surface area contributed by atoms with Crippen LogP contribution in [0.3, 0.4) is 0 Å². The third kappa shape index (κ3) is 4.64. The summed E-state index contributed by atoms with van der Waals surface area (Å²) in [6.45, 7) is 0. The van der Waals surface area contributed by atoms with Crippen molar-refractivity contribution in [2.75, 3.05) is 5.32 Å². The van der Waals surface area contributed by atoms with Crippen molar-refractivity contribution < 1.29 is 9.66 Å². The molecular formula is C17H8Br3N5O3. The molecule has 140 valence electrons. The first-order valence-corrected chi connectivity index (χ1v) is 9.86. The van der Waals surface area contributed by atoms with Crippen LogP contribution in [0.1, 0.15) is 5.56 Å². The van der Waals surface area contributed by atoms with Crippen molar-refractivity contribution in [3.8, 4) is 17.8 Å². The molecular weight excluding hydrogens is 562 g/mol. The lowest BCUT2D eigenvalue weighted by Crippen LogP contribution is -2.03. The molecule has 1 aromatic heterocycles. The molecule has 1 N–H and O–H groups in total. The highest BCUT2D eigenvalue weighted by Gasteiger charge is 2.20. The fourth-order valence-electron chi connectivity index (χ4n) is 2.12. The first-order chi connectivity index (χ1) is 13.4. The second kappa shape index (κ2) is 8.64. The smallest absolute Gasteiger partial charge is 0.330 e. The summed E-state index contributed by atoms with van der Waals surface area (Å²) in [5, 5.41) is 23.0. The summed E-state index contributed by atoms with van der Waals surface area (Å²) in [5.74, 6) is 0.380. The highest BCUT2D eigenvalue weighted by molar-refractivity contribution is 9.11. The molecule has 28 heavy (non-hydrogen) atoms. The minimum Gasteiger partial charge on any atom is -0.422 e. The molecule has 3 rings (SSSR count). The van der Waals surface area contributed by atoms with Crippen molar-refractivity contribution in [1.29, 1.82) is 5.26 Å². The van der Waals surface area contributed by atoms with Gasteiger partial charge in [-0.25, -0.2) is 0 Å². The Morgan fingerprint density at radius 2 is 1.79 bits per heavy atom. The van der Waals surface area contributed by atoms with Gasteiger partial charge in [-0.15, -0.1) is 0 Å². The number of hydrogen-bond donors (Lipinski definition) is 1. The van der Waals surface area contributed by atoms with Crippen molar-refractivity contribution in [1.82, 2.24) is 9.97 Å². The minimum atomic E-state index is -0.596. The van der Waals surface area contributed by atoms with E-state index in [1.54, 1.807) is 36.4 Å². The summed E-state index contributed by atoms with van der Waals surface area (Å²) in [6.07, 6.45) is 1.06. The number of nitrogens with one attached hydrogen (secondary N) is 1. The number of anilines is 2. The molecule has 0 unspecified atom stereocenters. The van der Waals surface area contributed by atoms with Gasteiger partial charge >= 0.3 is 11.7 Å². The maximum Gasteiger partial charge on any atom is 0.330 e. The molecule has 0 fully saturated rings. The fraction of sp³-hybridized carbons (Fsp3) is 0. The Morgan fingerprint density at radius 3 is 2.36 bits per heavy atom. The van der Waals surface area contributed by atoms with Crippen LogP contribution >= 0.6 is 47.8 Å². The van der Waals surface area contributed by atoms with Crippen LogP contribution in [0.5, 0.6) is 11.8 Å². The predicted octanol–water partition coefficient (Wildman–Crippen LogP) is 6.08. The number of ether oxygens (including phenoxy) is 1. The van der Waals surface area contributed by atoms with Crippen LogP contribution in [-0.2, 0) is 0 Å². The lowest BCUT2D eigenvalue weighted by Gasteiger charge is -2.11. The van der Waals surface area contributed by atoms with E-state index in [1.807, 2.05) is 6.07 Å². The van der Waals surface area contributed by atoms with Crippen molar-refractivity contribution in [3.05, 3.63) is 71.7 Å². The summed E-state index contributed by atoms with van der Waals surface area (Å²) in [5.41, 5.74) is 0.681. The summed E-state index contributed by atoms with van der Waals surface area (Å²) in [4.78, 5) is 18.8. The quantitative estimate of drug-likeness (QED) is 0.292. The number of hydrogen-bond acceptors (Lipinski definition) is 7. The number of halogens is 3. The standard InChI is InChI=1S/C17H8Br3N5O3/c18-10-5-12(19)15(13(20)6-10)28-17-22-8-14(25(26)27)16(24-17)23-11-3-1-9(7-21)2-4-11/h1-6,8H,(H,22,23,24). The third-order valence-electron chi connectivity index (χ3n) is 3.38. The molecule has 0 aliphatic rings. The molecule has 0 radical (unpaired) electrons. The molecule has 0 amide bonds. The number of benzene rings is 2. The van der Waals surface area contributed by atoms with Crippen molar-refractivity contribution in [3.63, 3.8) is 0 Å². The van der Waals surface area contributed by atoms with E-state index in [-0.39, 0.29) is 17.5 Å². The highest BCUT2D eigenvalue weighted by Crippen LogP contribution is 2.39. The second-order valence-electron chi connectivity index (χ2n) is 5.26. The molecule has 0 atom stereocenters. The number of nitro groups is 1. The van der Waals surface area contributed by atoms with Gasteiger partial charge in [0.15, 0.2) is 5.75 Å². The van der Waals surface area contributed by atoms with Crippen LogP contribution in [0.15, 0.2) is 56.0 Å². The summed E-state index contributed by atoms with van der Waals surface area (Å²) in [7, 11) is 0. The maximum absolute atomic E-state index is 11.3. The molecule has 0 aliphatic carbocycles. The van der Waals surface area contributed by atoms with Crippen LogP contribution in [0.4, 0.5) is 17.2 Å². The monoisotopic (exact) mass is 567 g/mol. The van der Waals surface area contributed by atoms with Crippen molar-refractivity contribution >= 4 is 65.0 Å². The zero-order valence-electron chi connectivity index (χ0n) is 13.7. The van der Waals surface area contributed by atoms with E-state index >= 15 is 0 Å². The molecule has 0 saturated heterocycles. The Morgan fingerprint density at radius 1 is 1.14 bits per heavy atom. The minimum absolute atomic E-state index is 0.0379. The lowest BCUT2D eigenvalue weighted by molar-refractivity contribution is -0.384. The van der Waals surface area contributed by atoms with E-state index < -0.39 is 4.92 Å². The first kappa shape index (κ1) is 20.2. The molecule has 2 aromatic carbocycles. The molecule has 11 heteroatoms. The van der Waals surface area contributed by atoms with Crippen LogP contribution in [-0.4, -0.2) is 14.9 Å². The summed E-state index contributed by atoms with van der Waals surface area (Å²) < 4.78 is 7.80. The van der Waals surface area contributed by atoms with Gasteiger partial charge in [-0.1, -0.05) is 15.9 Å². The zero-order chi connectivity index (χ0) is 20.3. The number of rotatable bonds is 5. The topological polar surface area (TPSA) is 114 Å². The lowest BCUT2D eigenvalue weighted by atomic mass is 10.2. The van der Waals surface area contributed by atoms with E-state index in [9.17, 15) is 10.1 Å². The molecule has 3 aromatic rings. The van der Waals surface area contributed by atoms with Crippen LogP contribution < -0.4 is 10.1 Å². The van der Waals surface area contributed by atoms with E-state index in [4.69, 9.17) is 10.00 Å². The molecule has 8 nitrogen and oxygen atoms in total. The average molecular weight is 570 g/mol. The molecule has 0 saturated carbocycles. The van der Waals surface area contributed by atoms with Gasteiger partial charge in [0.25, 0.3) is 0 Å². The Kier molecular flexibility index (Phi) is 6.23. The second-order valence-corrected chi connectivity index (χ2v) is 7.88. The van der Waals surface area contributed by atoms with Gasteiger partial charge in [0, 0.05) is 10.2 Å². The normalized spacial score (nSPS) is 10.2. The summed E-state index contributed by atoms with van der Waals surface area (Å²) >= 11 is 10.1. The van der Waals surface area contributed by atoms with Crippen LogP contribution in [0.25, 0.3) is 0 Å². The molecule has 0 bridgehead atoms. The Bertz CT molecular complexity index is 1080. The SMILES string of the molecule is N#Cc1ccc(Nc2nc(Oc3c(Br)cc(Br)cc3Br)ncc2[N+](=O)[O-])cc1. The largest absolute Gasteiger partial charge is 0.422 e. The number of nitriles is 1. The van der Waals surface area contributed by atoms with E-state index in [1.165, 1.54) is 0 Å². The van der Waals surface area contributed by atoms with Gasteiger partial charge in [0.1, 0.15) is 6.20 Å². The van der Waals surface area contributed by atoms with E-state index in [0.29, 0.717) is 25.9 Å². The van der Waals surface area contributed by atoms with Gasteiger partial charge in [-0.3, -0.25) is 10.1 Å². The van der Waals surface area contributed by atoms with Gasteiger partial charge in [0.2, 0.25) is 5.82 Å². The predicted molar refractivity (Wildman–Crippen MR) is 113 cm³/mol. The van der Waals surface area contributed by atoms with Gasteiger partial charge in [-0.2, -0.15) is 15.2 Å². The van der Waals surface area contributed by atoms with Gasteiger partial charge < -0.3 is 10.1 Å².